The molecular weight excluding hydrogens is 572 g/mol. The van der Waals surface area contributed by atoms with Crippen molar-refractivity contribution >= 4 is 51.3 Å². The number of aliphatic hydroxyl groups excluding tert-OH is 1. The maximum absolute atomic E-state index is 14.1. The van der Waals surface area contributed by atoms with Crippen LogP contribution < -0.4 is 9.64 Å². The van der Waals surface area contributed by atoms with E-state index < -0.39 is 23.5 Å². The number of halogens is 1. The fourth-order valence-corrected chi connectivity index (χ4v) is 7.08. The van der Waals surface area contributed by atoms with E-state index in [1.54, 1.807) is 56.3 Å². The molecule has 3 heterocycles. The number of hydrogen-bond acceptors (Lipinski definition) is 10. The number of hydrogen-bond donors (Lipinski definition) is 1. The van der Waals surface area contributed by atoms with E-state index in [0.717, 1.165) is 17.8 Å². The average molecular weight is 597 g/mol. The molecule has 2 aromatic heterocycles. The molecule has 1 aliphatic heterocycles. The van der Waals surface area contributed by atoms with Gasteiger partial charge in [0.15, 0.2) is 10.1 Å². The molecule has 0 fully saturated rings. The molecule has 1 aliphatic rings. The molecule has 206 valence electrons. The fraction of sp³-hybridized carbons (Fsp3) is 0.250. The number of ketones is 1. The Morgan fingerprint density at radius 1 is 1.12 bits per heavy atom. The van der Waals surface area contributed by atoms with Gasteiger partial charge in [-0.15, -0.1) is 21.5 Å². The van der Waals surface area contributed by atoms with E-state index in [-0.39, 0.29) is 16.5 Å². The first-order chi connectivity index (χ1) is 19.3. The predicted molar refractivity (Wildman–Crippen MR) is 154 cm³/mol. The summed E-state index contributed by atoms with van der Waals surface area (Å²) in [7, 11) is 0. The molecule has 1 unspecified atom stereocenters. The number of rotatable bonds is 10. The van der Waals surface area contributed by atoms with Gasteiger partial charge in [0.25, 0.3) is 5.91 Å². The molecule has 1 amide bonds. The van der Waals surface area contributed by atoms with Crippen LogP contribution in [0.25, 0.3) is 0 Å². The highest BCUT2D eigenvalue weighted by Gasteiger charge is 2.47. The molecule has 4 aromatic rings. The fourth-order valence-electron chi connectivity index (χ4n) is 4.36. The molecule has 0 saturated carbocycles. The zero-order valence-electron chi connectivity index (χ0n) is 21.9. The van der Waals surface area contributed by atoms with Crippen molar-refractivity contribution in [2.75, 3.05) is 11.5 Å². The number of carbonyl (C=O) groups excluding carboxylic acids is 2. The summed E-state index contributed by atoms with van der Waals surface area (Å²) < 4.78 is 20.6. The topological polar surface area (TPSA) is 106 Å². The van der Waals surface area contributed by atoms with E-state index in [0.29, 0.717) is 49.2 Å². The number of anilines is 1. The maximum atomic E-state index is 14.1. The summed E-state index contributed by atoms with van der Waals surface area (Å²) in [6.07, 6.45) is 0.757. The third-order valence-corrected chi connectivity index (χ3v) is 9.32. The largest absolute Gasteiger partial charge is 0.503 e. The lowest BCUT2D eigenvalue weighted by Crippen LogP contribution is -2.31. The minimum atomic E-state index is -1.01. The highest BCUT2D eigenvalue weighted by atomic mass is 32.2. The number of aryl methyl sites for hydroxylation is 2. The second-order valence-electron chi connectivity index (χ2n) is 8.93. The second-order valence-corrected chi connectivity index (χ2v) is 12.3. The van der Waals surface area contributed by atoms with E-state index in [1.807, 2.05) is 6.92 Å². The van der Waals surface area contributed by atoms with Gasteiger partial charge in [-0.2, -0.15) is 0 Å². The number of Topliss-reactive ketones (excluding diaryl/α,β-unsaturated/α-hetero) is 1. The van der Waals surface area contributed by atoms with Crippen molar-refractivity contribution in [1.29, 1.82) is 0 Å². The lowest BCUT2D eigenvalue weighted by atomic mass is 9.94. The van der Waals surface area contributed by atoms with E-state index in [1.165, 1.54) is 34.1 Å². The number of nitrogens with zero attached hydrogens (tertiary/aromatic N) is 4. The third-order valence-electron chi connectivity index (χ3n) is 6.15. The molecule has 40 heavy (non-hydrogen) atoms. The quantitative estimate of drug-likeness (QED) is 0.124. The third kappa shape index (κ3) is 5.38. The van der Waals surface area contributed by atoms with Crippen LogP contribution >= 0.6 is 34.4 Å². The van der Waals surface area contributed by atoms with Crippen LogP contribution in [0.4, 0.5) is 9.52 Å². The van der Waals surface area contributed by atoms with Crippen LogP contribution in [-0.2, 0) is 10.5 Å². The van der Waals surface area contributed by atoms with Crippen LogP contribution in [0.1, 0.15) is 50.9 Å². The summed E-state index contributed by atoms with van der Waals surface area (Å²) in [6.45, 7) is 5.92. The van der Waals surface area contributed by atoms with Crippen LogP contribution in [0.15, 0.2) is 64.2 Å². The van der Waals surface area contributed by atoms with Gasteiger partial charge >= 0.3 is 0 Å². The van der Waals surface area contributed by atoms with Gasteiger partial charge in [0.2, 0.25) is 10.9 Å². The minimum absolute atomic E-state index is 0.0694. The van der Waals surface area contributed by atoms with Gasteiger partial charge in [0.05, 0.1) is 27.8 Å². The standard InChI is InChI=1S/C28H25FN4O4S3/c1-4-13-37-20-12-8-6-10-18(20)22-21(23(34)25-15(2)30-16(3)39-25)24(35)26(36)33(22)27-31-32-28(40-27)38-14-17-9-5-7-11-19(17)29/h5-12,22,35H,4,13-14H2,1-3H3. The van der Waals surface area contributed by atoms with Gasteiger partial charge in [-0.1, -0.05) is 66.4 Å². The van der Waals surface area contributed by atoms with E-state index in [2.05, 4.69) is 15.2 Å². The Bertz CT molecular complexity index is 1620. The van der Waals surface area contributed by atoms with Crippen LogP contribution in [0, 0.1) is 19.7 Å². The maximum Gasteiger partial charge on any atom is 0.296 e. The van der Waals surface area contributed by atoms with Crippen LogP contribution in [-0.4, -0.2) is 38.6 Å². The van der Waals surface area contributed by atoms with Crippen molar-refractivity contribution in [3.63, 3.8) is 0 Å². The lowest BCUT2D eigenvalue weighted by molar-refractivity contribution is -0.117. The first kappa shape index (κ1) is 27.9. The zero-order valence-corrected chi connectivity index (χ0v) is 24.3. The number of carbonyl (C=O) groups is 2. The van der Waals surface area contributed by atoms with Gasteiger partial charge < -0.3 is 9.84 Å². The van der Waals surface area contributed by atoms with Gasteiger partial charge in [-0.05, 0) is 38.0 Å². The molecule has 0 spiro atoms. The number of aliphatic hydroxyl groups is 1. The van der Waals surface area contributed by atoms with Crippen molar-refractivity contribution in [1.82, 2.24) is 15.2 Å². The Hall–Kier alpha value is -3.61. The molecule has 1 N–H and O–H groups in total. The highest BCUT2D eigenvalue weighted by Crippen LogP contribution is 2.46. The smallest absolute Gasteiger partial charge is 0.296 e. The number of thiazole rings is 1. The van der Waals surface area contributed by atoms with Gasteiger partial charge in [-0.25, -0.2) is 9.37 Å². The Labute approximate surface area is 242 Å². The molecule has 0 radical (unpaired) electrons. The summed E-state index contributed by atoms with van der Waals surface area (Å²) in [6, 6.07) is 12.6. The number of aromatic nitrogens is 3. The number of para-hydroxylation sites is 1. The van der Waals surface area contributed by atoms with E-state index in [9.17, 15) is 19.1 Å². The summed E-state index contributed by atoms with van der Waals surface area (Å²) in [5.74, 6) is -1.40. The Morgan fingerprint density at radius 3 is 2.60 bits per heavy atom. The van der Waals surface area contributed by atoms with Crippen molar-refractivity contribution in [2.45, 2.75) is 43.3 Å². The molecule has 0 saturated heterocycles. The van der Waals surface area contributed by atoms with Crippen LogP contribution in [0.5, 0.6) is 5.75 Å². The summed E-state index contributed by atoms with van der Waals surface area (Å²) in [5, 5.41) is 20.5. The Morgan fingerprint density at radius 2 is 1.88 bits per heavy atom. The van der Waals surface area contributed by atoms with Crippen molar-refractivity contribution in [3.8, 4) is 5.75 Å². The molecule has 5 rings (SSSR count). The average Bonchev–Trinajstić information content (AvgIpc) is 3.62. The number of thioether (sulfide) groups is 1. The van der Waals surface area contributed by atoms with Gasteiger partial charge in [-0.3, -0.25) is 14.5 Å². The first-order valence-corrected chi connectivity index (χ1v) is 15.1. The molecule has 0 bridgehead atoms. The van der Waals surface area contributed by atoms with Gasteiger partial charge in [0, 0.05) is 11.3 Å². The zero-order chi connectivity index (χ0) is 28.4. The molecular formula is C28H25FN4O4S3. The SMILES string of the molecule is CCCOc1ccccc1C1C(C(=O)c2sc(C)nc2C)=C(O)C(=O)N1c1nnc(SCc2ccccc2F)s1. The number of ether oxygens (including phenoxy) is 1. The molecule has 0 aliphatic carbocycles. The minimum Gasteiger partial charge on any atom is -0.503 e. The van der Waals surface area contributed by atoms with Crippen molar-refractivity contribution in [2.24, 2.45) is 0 Å². The summed E-state index contributed by atoms with van der Waals surface area (Å²) in [5.41, 5.74) is 1.51. The normalized spacial score (nSPS) is 15.2. The molecule has 1 atom stereocenters. The summed E-state index contributed by atoms with van der Waals surface area (Å²) in [4.78, 5) is 33.4. The van der Waals surface area contributed by atoms with Crippen molar-refractivity contribution < 1.29 is 23.8 Å². The van der Waals surface area contributed by atoms with Crippen LogP contribution in [0.2, 0.25) is 0 Å². The lowest BCUT2D eigenvalue weighted by Gasteiger charge is -2.25. The second kappa shape index (κ2) is 11.9. The van der Waals surface area contributed by atoms with E-state index in [4.69, 9.17) is 4.74 Å². The Balaban J connectivity index is 1.55. The predicted octanol–water partition coefficient (Wildman–Crippen LogP) is 6.61. The summed E-state index contributed by atoms with van der Waals surface area (Å²) >= 11 is 3.61. The Kier molecular flexibility index (Phi) is 8.29. The molecule has 8 nitrogen and oxygen atoms in total. The van der Waals surface area contributed by atoms with Gasteiger partial charge in [0.1, 0.15) is 17.6 Å². The number of benzene rings is 2. The first-order valence-electron chi connectivity index (χ1n) is 12.5. The highest BCUT2D eigenvalue weighted by molar-refractivity contribution is 8.00. The molecule has 12 heteroatoms. The molecule has 2 aromatic carbocycles. The van der Waals surface area contributed by atoms with E-state index >= 15 is 0 Å². The van der Waals surface area contributed by atoms with Crippen LogP contribution in [0.3, 0.4) is 0 Å². The number of amides is 1. The van der Waals surface area contributed by atoms with Crippen molar-refractivity contribution in [3.05, 3.63) is 92.4 Å². The monoisotopic (exact) mass is 596 g/mol.